The lowest BCUT2D eigenvalue weighted by molar-refractivity contribution is 0.432. The molecule has 0 fully saturated rings. The Balaban J connectivity index is 2.18. The Morgan fingerprint density at radius 2 is 0.892 bits per heavy atom. The summed E-state index contributed by atoms with van der Waals surface area (Å²) >= 11 is -1.42. The van der Waals surface area contributed by atoms with Crippen LogP contribution in [0.2, 0.25) is 0 Å². The summed E-state index contributed by atoms with van der Waals surface area (Å²) in [6.07, 6.45) is 3.93. The van der Waals surface area contributed by atoms with Crippen molar-refractivity contribution >= 4 is 28.3 Å². The standard InChI is InChI=1S/C32H48N2O2.Al.H/c1-29(2,3)23-15-21(27(35)25(17-23)31(7,8)9)19-33-13-14-34-20-22-16-24(30(4,5)6)18-26(28(22)36)32(10,11)12;;/h15-20,35-36H,13-14H2,1-12H3;;/q;+2;/p-2. The number of aliphatic imine (C=N–C) groups is 2. The molecule has 1 aliphatic rings. The molecule has 2 aromatic carbocycles. The molecule has 0 aromatic heterocycles. The van der Waals surface area contributed by atoms with Crippen molar-refractivity contribution in [1.29, 1.82) is 0 Å². The van der Waals surface area contributed by atoms with E-state index in [1.54, 1.807) is 0 Å². The molecule has 0 saturated carbocycles. The van der Waals surface area contributed by atoms with Crippen LogP contribution in [0.1, 0.15) is 116 Å². The normalized spacial score (nSPS) is 15.2. The minimum Gasteiger partial charge on any atom is -0.614 e. The maximum atomic E-state index is 6.63. The van der Waals surface area contributed by atoms with E-state index in [0.29, 0.717) is 13.1 Å². The molecule has 0 saturated heterocycles. The summed E-state index contributed by atoms with van der Waals surface area (Å²) < 4.78 is 13.3. The molecule has 4 nitrogen and oxygen atoms in total. The first-order chi connectivity index (χ1) is 16.9. The zero-order valence-electron chi connectivity index (χ0n) is 25.3. The van der Waals surface area contributed by atoms with Crippen LogP contribution in [-0.4, -0.2) is 41.4 Å². The maximum absolute atomic E-state index is 6.63. The molecule has 5 heteroatoms. The van der Waals surface area contributed by atoms with Crippen LogP contribution in [0.4, 0.5) is 0 Å². The van der Waals surface area contributed by atoms with E-state index in [2.05, 4.69) is 107 Å². The van der Waals surface area contributed by atoms with Gasteiger partial charge in [0.15, 0.2) is 0 Å². The predicted molar refractivity (Wildman–Crippen MR) is 161 cm³/mol. The van der Waals surface area contributed by atoms with Crippen molar-refractivity contribution in [2.75, 3.05) is 13.1 Å². The van der Waals surface area contributed by atoms with Gasteiger partial charge in [0.05, 0.1) is 24.6 Å². The Bertz CT molecular complexity index is 1090. The third-order valence-electron chi connectivity index (χ3n) is 6.81. The highest BCUT2D eigenvalue weighted by Crippen LogP contribution is 2.40. The van der Waals surface area contributed by atoms with Crippen LogP contribution in [0.15, 0.2) is 34.3 Å². The quantitative estimate of drug-likeness (QED) is 0.340. The summed E-state index contributed by atoms with van der Waals surface area (Å²) in [6, 6.07) is 9.09. The predicted octanol–water partition coefficient (Wildman–Crippen LogP) is 7.45. The molecule has 0 aliphatic carbocycles. The molecular weight excluding hydrogens is 471 g/mol. The highest BCUT2D eigenvalue weighted by molar-refractivity contribution is 6.21. The Kier molecular flexibility index (Phi) is 8.43. The second-order valence-corrected chi connectivity index (χ2v) is 15.2. The van der Waals surface area contributed by atoms with Gasteiger partial charge in [0, 0.05) is 23.6 Å². The SMILES string of the molecule is CC(C)(C)c1cc2c(c(C(C)(C)C)c1)[O][AlH][O]c1c(cc(C(C)(C)C)cc1C(C)(C)C)C=NCCN=C2. The Labute approximate surface area is 232 Å². The highest BCUT2D eigenvalue weighted by atomic mass is 27.2. The smallest absolute Gasteiger partial charge is 0.614 e. The van der Waals surface area contributed by atoms with E-state index in [4.69, 9.17) is 17.6 Å². The monoisotopic (exact) mass is 518 g/mol. The largest absolute Gasteiger partial charge is 0.832 e. The molecule has 0 amide bonds. The molecule has 0 radical (unpaired) electrons. The third-order valence-corrected chi connectivity index (χ3v) is 7.62. The topological polar surface area (TPSA) is 43.2 Å². The van der Waals surface area contributed by atoms with Gasteiger partial charge >= 0.3 is 15.9 Å². The van der Waals surface area contributed by atoms with Crippen molar-refractivity contribution < 1.29 is 7.58 Å². The van der Waals surface area contributed by atoms with Crippen molar-refractivity contribution in [3.63, 3.8) is 0 Å². The number of fused-ring (bicyclic) bond motifs is 2. The van der Waals surface area contributed by atoms with Crippen LogP contribution < -0.4 is 7.58 Å². The molecule has 2 aromatic rings. The minimum atomic E-state index is -1.42. The Morgan fingerprint density at radius 1 is 0.541 bits per heavy atom. The fraction of sp³-hybridized carbons (Fsp3) is 0.562. The summed E-state index contributed by atoms with van der Waals surface area (Å²) in [6.45, 7) is 28.2. The Morgan fingerprint density at radius 3 is 1.19 bits per heavy atom. The molecule has 0 bridgehead atoms. The van der Waals surface area contributed by atoms with E-state index < -0.39 is 15.9 Å². The van der Waals surface area contributed by atoms with Crippen molar-refractivity contribution in [3.05, 3.63) is 57.6 Å². The van der Waals surface area contributed by atoms with Crippen LogP contribution in [0.25, 0.3) is 0 Å². The van der Waals surface area contributed by atoms with Crippen LogP contribution in [0.3, 0.4) is 0 Å². The molecule has 1 heterocycles. The van der Waals surface area contributed by atoms with Gasteiger partial charge in [-0.05, 0) is 56.0 Å². The molecule has 0 spiro atoms. The summed E-state index contributed by atoms with van der Waals surface area (Å²) in [5, 5.41) is 0. The molecule has 0 unspecified atom stereocenters. The lowest BCUT2D eigenvalue weighted by Gasteiger charge is -2.30. The second-order valence-electron chi connectivity index (χ2n) is 14.4. The molecule has 200 valence electrons. The molecule has 0 N–H and O–H groups in total. The van der Waals surface area contributed by atoms with Crippen LogP contribution >= 0.6 is 0 Å². The number of rotatable bonds is 0. The van der Waals surface area contributed by atoms with Crippen LogP contribution in [0.5, 0.6) is 11.5 Å². The van der Waals surface area contributed by atoms with E-state index in [0.717, 1.165) is 22.6 Å². The van der Waals surface area contributed by atoms with Crippen molar-refractivity contribution in [3.8, 4) is 11.5 Å². The molecule has 1 aliphatic heterocycles. The first-order valence-corrected chi connectivity index (χ1v) is 14.7. The van der Waals surface area contributed by atoms with E-state index in [9.17, 15) is 0 Å². The van der Waals surface area contributed by atoms with Gasteiger partial charge in [-0.3, -0.25) is 9.98 Å². The van der Waals surface area contributed by atoms with E-state index >= 15 is 0 Å². The van der Waals surface area contributed by atoms with Gasteiger partial charge < -0.3 is 7.58 Å². The highest BCUT2D eigenvalue weighted by Gasteiger charge is 2.29. The fourth-order valence-electron chi connectivity index (χ4n) is 4.39. The van der Waals surface area contributed by atoms with Crippen molar-refractivity contribution in [1.82, 2.24) is 0 Å². The first-order valence-electron chi connectivity index (χ1n) is 13.5. The summed E-state index contributed by atoms with van der Waals surface area (Å²) in [4.78, 5) is 9.50. The van der Waals surface area contributed by atoms with Crippen LogP contribution in [-0.2, 0) is 21.7 Å². The number of benzene rings is 2. The lowest BCUT2D eigenvalue weighted by atomic mass is 9.79. The fourth-order valence-corrected chi connectivity index (χ4v) is 5.32. The second kappa shape index (κ2) is 10.6. The van der Waals surface area contributed by atoms with E-state index in [-0.39, 0.29) is 21.7 Å². The van der Waals surface area contributed by atoms with Crippen LogP contribution in [0, 0.1) is 0 Å². The van der Waals surface area contributed by atoms with E-state index in [1.165, 1.54) is 22.3 Å². The zero-order chi connectivity index (χ0) is 27.8. The van der Waals surface area contributed by atoms with Gasteiger partial charge in [-0.2, -0.15) is 0 Å². The molecular formula is C32H47AlN2O2. The molecule has 0 atom stereocenters. The Hall–Kier alpha value is -2.09. The van der Waals surface area contributed by atoms with Crippen molar-refractivity contribution in [2.45, 2.75) is 105 Å². The summed E-state index contributed by atoms with van der Waals surface area (Å²) in [5.41, 5.74) is 6.89. The van der Waals surface area contributed by atoms with Gasteiger partial charge in [-0.15, -0.1) is 0 Å². The number of nitrogens with zero attached hydrogens (tertiary/aromatic N) is 2. The average molecular weight is 519 g/mol. The zero-order valence-corrected chi connectivity index (χ0v) is 26.7. The van der Waals surface area contributed by atoms with Gasteiger partial charge in [0.25, 0.3) is 0 Å². The molecule has 37 heavy (non-hydrogen) atoms. The van der Waals surface area contributed by atoms with Gasteiger partial charge in [-0.25, -0.2) is 0 Å². The summed E-state index contributed by atoms with van der Waals surface area (Å²) in [5.74, 6) is 1.81. The molecule has 3 rings (SSSR count). The minimum absolute atomic E-state index is 0.0214. The maximum Gasteiger partial charge on any atom is 0.832 e. The van der Waals surface area contributed by atoms with Gasteiger partial charge in [-0.1, -0.05) is 95.2 Å². The number of hydrogen-bond acceptors (Lipinski definition) is 4. The number of hydrogen-bond donors (Lipinski definition) is 0. The van der Waals surface area contributed by atoms with Gasteiger partial charge in [0.2, 0.25) is 0 Å². The first kappa shape index (κ1) is 29.5. The van der Waals surface area contributed by atoms with Crippen molar-refractivity contribution in [2.24, 2.45) is 9.98 Å². The average Bonchev–Trinajstić information content (AvgIpc) is 2.75. The summed E-state index contributed by atoms with van der Waals surface area (Å²) in [7, 11) is 0. The van der Waals surface area contributed by atoms with E-state index in [1.807, 2.05) is 12.4 Å². The van der Waals surface area contributed by atoms with Gasteiger partial charge in [0.1, 0.15) is 0 Å². The lowest BCUT2D eigenvalue weighted by Crippen LogP contribution is -2.23. The third kappa shape index (κ3) is 7.27.